The molecular weight excluding hydrogens is 280 g/mol. The van der Waals surface area contributed by atoms with Crippen LogP contribution in [-0.4, -0.2) is 17.6 Å². The Morgan fingerprint density at radius 2 is 2.05 bits per heavy atom. The Labute approximate surface area is 131 Å². The molecule has 4 rings (SSSR count). The van der Waals surface area contributed by atoms with Crippen LogP contribution in [0.1, 0.15) is 32.3 Å². The summed E-state index contributed by atoms with van der Waals surface area (Å²) in [6.45, 7) is 5.89. The number of rotatable bonds is 4. The zero-order valence-corrected chi connectivity index (χ0v) is 13.5. The maximum Gasteiger partial charge on any atom is 0.0502 e. The molecule has 2 aliphatic rings. The molecule has 112 valence electrons. The summed E-state index contributed by atoms with van der Waals surface area (Å²) in [5.74, 6) is 1.94. The minimum Gasteiger partial charge on any atom is -0.361 e. The van der Waals surface area contributed by atoms with Crippen LogP contribution >= 0.6 is 11.6 Å². The summed E-state index contributed by atoms with van der Waals surface area (Å²) in [6, 6.07) is 6.79. The molecule has 2 fully saturated rings. The Kier molecular flexibility index (Phi) is 3.09. The van der Waals surface area contributed by atoms with Crippen LogP contribution in [0.3, 0.4) is 0 Å². The average molecular weight is 303 g/mol. The lowest BCUT2D eigenvalue weighted by Crippen LogP contribution is -2.30. The van der Waals surface area contributed by atoms with Crippen molar-refractivity contribution >= 4 is 22.5 Å². The average Bonchev–Trinajstić information content (AvgIpc) is 2.87. The number of benzene rings is 1. The summed E-state index contributed by atoms with van der Waals surface area (Å²) in [4.78, 5) is 3.32. The Hall–Kier alpha value is -0.990. The Morgan fingerprint density at radius 3 is 2.81 bits per heavy atom. The van der Waals surface area contributed by atoms with Gasteiger partial charge in [0.05, 0.1) is 5.02 Å². The molecule has 2 unspecified atom stereocenters. The summed E-state index contributed by atoms with van der Waals surface area (Å²) in [7, 11) is 0. The van der Waals surface area contributed by atoms with Gasteiger partial charge in [-0.05, 0) is 60.8 Å². The fraction of sp³-hybridized carbons (Fsp3) is 0.556. The first-order valence-electron chi connectivity index (χ1n) is 8.05. The number of aromatic amines is 1. The lowest BCUT2D eigenvalue weighted by Gasteiger charge is -2.18. The number of nitrogens with one attached hydrogen (secondary N) is 2. The van der Waals surface area contributed by atoms with E-state index in [1.807, 2.05) is 12.1 Å². The molecule has 0 amide bonds. The minimum absolute atomic E-state index is 0.628. The smallest absolute Gasteiger partial charge is 0.0502 e. The van der Waals surface area contributed by atoms with E-state index < -0.39 is 0 Å². The summed E-state index contributed by atoms with van der Waals surface area (Å²) < 4.78 is 0. The van der Waals surface area contributed by atoms with Gasteiger partial charge in [-0.1, -0.05) is 31.5 Å². The van der Waals surface area contributed by atoms with Gasteiger partial charge in [-0.3, -0.25) is 0 Å². The molecule has 0 saturated heterocycles. The van der Waals surface area contributed by atoms with Gasteiger partial charge in [-0.2, -0.15) is 0 Å². The van der Waals surface area contributed by atoms with Crippen LogP contribution in [-0.2, 0) is 6.42 Å². The molecular formula is C18H23ClN2. The van der Waals surface area contributed by atoms with Crippen LogP contribution in [0.25, 0.3) is 10.9 Å². The van der Waals surface area contributed by atoms with Crippen LogP contribution in [0, 0.1) is 17.3 Å². The first-order chi connectivity index (χ1) is 10.1. The second-order valence-electron chi connectivity index (χ2n) is 7.38. The van der Waals surface area contributed by atoms with Crippen LogP contribution in [0.4, 0.5) is 0 Å². The Balaban J connectivity index is 1.35. The highest BCUT2D eigenvalue weighted by molar-refractivity contribution is 6.35. The van der Waals surface area contributed by atoms with Gasteiger partial charge in [0.15, 0.2) is 0 Å². The van der Waals surface area contributed by atoms with Gasteiger partial charge in [0, 0.05) is 23.1 Å². The number of halogens is 1. The zero-order chi connectivity index (χ0) is 14.6. The van der Waals surface area contributed by atoms with Gasteiger partial charge < -0.3 is 10.3 Å². The van der Waals surface area contributed by atoms with E-state index in [0.717, 1.165) is 41.4 Å². The van der Waals surface area contributed by atoms with Crippen LogP contribution in [0.15, 0.2) is 24.4 Å². The molecule has 0 spiro atoms. The largest absolute Gasteiger partial charge is 0.361 e. The SMILES string of the molecule is CC1(C)C2CC(NCCc3c[nH]c4cccc(Cl)c34)CC21. The lowest BCUT2D eigenvalue weighted by molar-refractivity contribution is 0.387. The van der Waals surface area contributed by atoms with E-state index in [1.165, 1.54) is 23.8 Å². The summed E-state index contributed by atoms with van der Waals surface area (Å²) in [6.07, 6.45) is 5.88. The number of fused-ring (bicyclic) bond motifs is 2. The first kappa shape index (κ1) is 13.7. The highest BCUT2D eigenvalue weighted by atomic mass is 35.5. The van der Waals surface area contributed by atoms with E-state index in [9.17, 15) is 0 Å². The van der Waals surface area contributed by atoms with Gasteiger partial charge >= 0.3 is 0 Å². The number of aromatic nitrogens is 1. The number of hydrogen-bond donors (Lipinski definition) is 2. The zero-order valence-electron chi connectivity index (χ0n) is 12.7. The highest BCUT2D eigenvalue weighted by Gasteiger charge is 2.61. The van der Waals surface area contributed by atoms with Gasteiger partial charge in [0.25, 0.3) is 0 Å². The van der Waals surface area contributed by atoms with Crippen molar-refractivity contribution in [2.45, 2.75) is 39.2 Å². The molecule has 0 aliphatic heterocycles. The van der Waals surface area contributed by atoms with Crippen molar-refractivity contribution in [2.24, 2.45) is 17.3 Å². The van der Waals surface area contributed by atoms with Crippen molar-refractivity contribution in [1.29, 1.82) is 0 Å². The van der Waals surface area contributed by atoms with E-state index in [1.54, 1.807) is 0 Å². The van der Waals surface area contributed by atoms with Crippen molar-refractivity contribution in [3.63, 3.8) is 0 Å². The van der Waals surface area contributed by atoms with E-state index in [0.29, 0.717) is 5.41 Å². The lowest BCUT2D eigenvalue weighted by atomic mass is 9.98. The third-order valence-electron chi connectivity index (χ3n) is 5.93. The molecule has 2 aromatic rings. The molecule has 1 heterocycles. The maximum atomic E-state index is 6.33. The van der Waals surface area contributed by atoms with Gasteiger partial charge in [-0.15, -0.1) is 0 Å². The molecule has 1 aromatic heterocycles. The monoisotopic (exact) mass is 302 g/mol. The molecule has 3 heteroatoms. The Bertz CT molecular complexity index is 659. The predicted octanol–water partition coefficient (Wildman–Crippen LogP) is 4.39. The highest BCUT2D eigenvalue weighted by Crippen LogP contribution is 2.66. The fourth-order valence-corrected chi connectivity index (χ4v) is 4.78. The van der Waals surface area contributed by atoms with E-state index >= 15 is 0 Å². The van der Waals surface area contributed by atoms with E-state index in [4.69, 9.17) is 11.6 Å². The molecule has 2 N–H and O–H groups in total. The third-order valence-corrected chi connectivity index (χ3v) is 6.24. The molecule has 2 saturated carbocycles. The quantitative estimate of drug-likeness (QED) is 0.861. The van der Waals surface area contributed by atoms with Gasteiger partial charge in [0.1, 0.15) is 0 Å². The van der Waals surface area contributed by atoms with Crippen molar-refractivity contribution < 1.29 is 0 Å². The summed E-state index contributed by atoms with van der Waals surface area (Å²) >= 11 is 6.33. The topological polar surface area (TPSA) is 27.8 Å². The van der Waals surface area contributed by atoms with Crippen molar-refractivity contribution in [1.82, 2.24) is 10.3 Å². The first-order valence-corrected chi connectivity index (χ1v) is 8.43. The molecule has 0 bridgehead atoms. The second-order valence-corrected chi connectivity index (χ2v) is 7.79. The standard InChI is InChI=1S/C18H23ClN2/c1-18(2)13-8-12(9-14(13)18)20-7-6-11-10-21-16-5-3-4-15(19)17(11)16/h3-5,10,12-14,20-21H,6-9H2,1-2H3. The number of H-pyrrole nitrogens is 1. The maximum absolute atomic E-state index is 6.33. The van der Waals surface area contributed by atoms with E-state index in [-0.39, 0.29) is 0 Å². The summed E-state index contributed by atoms with van der Waals surface area (Å²) in [5.41, 5.74) is 3.09. The molecule has 2 nitrogen and oxygen atoms in total. The molecule has 1 aromatic carbocycles. The predicted molar refractivity (Wildman–Crippen MR) is 88.8 cm³/mol. The molecule has 21 heavy (non-hydrogen) atoms. The molecule has 0 radical (unpaired) electrons. The van der Waals surface area contributed by atoms with Crippen molar-refractivity contribution in [3.05, 3.63) is 35.0 Å². The normalized spacial score (nSPS) is 29.8. The van der Waals surface area contributed by atoms with Crippen LogP contribution < -0.4 is 5.32 Å². The summed E-state index contributed by atoms with van der Waals surface area (Å²) in [5, 5.41) is 5.79. The van der Waals surface area contributed by atoms with Gasteiger partial charge in [-0.25, -0.2) is 0 Å². The minimum atomic E-state index is 0.628. The third kappa shape index (κ3) is 2.20. The van der Waals surface area contributed by atoms with Crippen LogP contribution in [0.5, 0.6) is 0 Å². The Morgan fingerprint density at radius 1 is 1.29 bits per heavy atom. The fourth-order valence-electron chi connectivity index (χ4n) is 4.49. The van der Waals surface area contributed by atoms with E-state index in [2.05, 4.69) is 36.4 Å². The van der Waals surface area contributed by atoms with Crippen molar-refractivity contribution in [2.75, 3.05) is 6.54 Å². The number of hydrogen-bond acceptors (Lipinski definition) is 1. The molecule has 2 aliphatic carbocycles. The van der Waals surface area contributed by atoms with Gasteiger partial charge in [0.2, 0.25) is 0 Å². The van der Waals surface area contributed by atoms with Crippen LogP contribution in [0.2, 0.25) is 5.02 Å². The van der Waals surface area contributed by atoms with Crippen molar-refractivity contribution in [3.8, 4) is 0 Å². The second kappa shape index (κ2) is 4.76. The molecule has 2 atom stereocenters.